The highest BCUT2D eigenvalue weighted by atomic mass is 16.2. The second kappa shape index (κ2) is 5.33. The first-order valence-electron chi connectivity index (χ1n) is 5.93. The first-order valence-corrected chi connectivity index (χ1v) is 5.93. The van der Waals surface area contributed by atoms with Crippen LogP contribution in [0.1, 0.15) is 28.8 Å². The molecule has 0 radical (unpaired) electrons. The zero-order valence-corrected chi connectivity index (χ0v) is 9.97. The van der Waals surface area contributed by atoms with Crippen molar-refractivity contribution in [3.63, 3.8) is 0 Å². The normalized spacial score (nSPS) is 15.8. The fourth-order valence-electron chi connectivity index (χ4n) is 2.08. The molecule has 1 aromatic rings. The molecule has 90 valence electrons. The highest BCUT2D eigenvalue weighted by Gasteiger charge is 2.23. The van der Waals surface area contributed by atoms with Crippen molar-refractivity contribution < 1.29 is 4.79 Å². The maximum atomic E-state index is 12.2. The van der Waals surface area contributed by atoms with Gasteiger partial charge in [0.15, 0.2) is 0 Å². The standard InChI is InChI=1S/C14H13N3O/c15-9-11-1-3-13(4-2-11)14(18)17-7-5-12(10-16)6-8-17/h1-4,12H,5-8H2. The number of benzene rings is 1. The van der Waals surface area contributed by atoms with E-state index in [-0.39, 0.29) is 11.8 Å². The number of likely N-dealkylation sites (tertiary alicyclic amines) is 1. The summed E-state index contributed by atoms with van der Waals surface area (Å²) in [4.78, 5) is 13.9. The lowest BCUT2D eigenvalue weighted by molar-refractivity contribution is 0.0707. The van der Waals surface area contributed by atoms with Crippen molar-refractivity contribution in [3.05, 3.63) is 35.4 Å². The maximum absolute atomic E-state index is 12.2. The third kappa shape index (κ3) is 2.49. The summed E-state index contributed by atoms with van der Waals surface area (Å²) >= 11 is 0. The Morgan fingerprint density at radius 1 is 1.17 bits per heavy atom. The number of nitrogens with zero attached hydrogens (tertiary/aromatic N) is 3. The number of piperidine rings is 1. The van der Waals surface area contributed by atoms with Gasteiger partial charge in [0.1, 0.15) is 0 Å². The Kier molecular flexibility index (Phi) is 3.60. The molecular formula is C14H13N3O. The first kappa shape index (κ1) is 12.1. The molecule has 2 rings (SSSR count). The Balaban J connectivity index is 2.04. The predicted octanol–water partition coefficient (Wildman–Crippen LogP) is 1.93. The minimum Gasteiger partial charge on any atom is -0.339 e. The zero-order chi connectivity index (χ0) is 13.0. The highest BCUT2D eigenvalue weighted by Crippen LogP contribution is 2.18. The van der Waals surface area contributed by atoms with Gasteiger partial charge in [0.05, 0.1) is 17.7 Å². The van der Waals surface area contributed by atoms with E-state index < -0.39 is 0 Å². The van der Waals surface area contributed by atoms with E-state index in [1.54, 1.807) is 29.2 Å². The van der Waals surface area contributed by atoms with Gasteiger partial charge < -0.3 is 4.90 Å². The number of nitriles is 2. The first-order chi connectivity index (χ1) is 8.74. The molecule has 18 heavy (non-hydrogen) atoms. The summed E-state index contributed by atoms with van der Waals surface area (Å²) in [6.07, 6.45) is 1.50. The summed E-state index contributed by atoms with van der Waals surface area (Å²) in [5.41, 5.74) is 1.15. The summed E-state index contributed by atoms with van der Waals surface area (Å²) in [5, 5.41) is 17.5. The van der Waals surface area contributed by atoms with Crippen LogP contribution in [0, 0.1) is 28.6 Å². The van der Waals surface area contributed by atoms with Gasteiger partial charge in [0.2, 0.25) is 0 Å². The van der Waals surface area contributed by atoms with Crippen molar-refractivity contribution in [1.82, 2.24) is 4.90 Å². The van der Waals surface area contributed by atoms with Crippen LogP contribution in [-0.2, 0) is 0 Å². The largest absolute Gasteiger partial charge is 0.339 e. The second-order valence-corrected chi connectivity index (χ2v) is 4.38. The van der Waals surface area contributed by atoms with Gasteiger partial charge in [0, 0.05) is 24.6 Å². The third-order valence-electron chi connectivity index (χ3n) is 3.23. The van der Waals surface area contributed by atoms with Crippen molar-refractivity contribution in [1.29, 1.82) is 10.5 Å². The van der Waals surface area contributed by atoms with Gasteiger partial charge in [0.25, 0.3) is 5.91 Å². The molecule has 0 atom stereocenters. The minimum atomic E-state index is -0.0177. The molecule has 4 nitrogen and oxygen atoms in total. The van der Waals surface area contributed by atoms with Gasteiger partial charge in [-0.25, -0.2) is 0 Å². The van der Waals surface area contributed by atoms with Gasteiger partial charge in [-0.1, -0.05) is 0 Å². The van der Waals surface area contributed by atoms with Gasteiger partial charge in [-0.15, -0.1) is 0 Å². The molecule has 0 spiro atoms. The summed E-state index contributed by atoms with van der Waals surface area (Å²) < 4.78 is 0. The van der Waals surface area contributed by atoms with Crippen molar-refractivity contribution in [2.75, 3.05) is 13.1 Å². The molecule has 1 saturated heterocycles. The molecule has 1 aromatic carbocycles. The predicted molar refractivity (Wildman–Crippen MR) is 65.4 cm³/mol. The fourth-order valence-corrected chi connectivity index (χ4v) is 2.08. The molecule has 1 aliphatic heterocycles. The van der Waals surface area contributed by atoms with Gasteiger partial charge in [-0.3, -0.25) is 4.79 Å². The minimum absolute atomic E-state index is 0.0177. The maximum Gasteiger partial charge on any atom is 0.253 e. The highest BCUT2D eigenvalue weighted by molar-refractivity contribution is 5.94. The molecule has 0 bridgehead atoms. The monoisotopic (exact) mass is 239 g/mol. The number of carbonyl (C=O) groups excluding carboxylic acids is 1. The summed E-state index contributed by atoms with van der Waals surface area (Å²) in [6.45, 7) is 1.27. The van der Waals surface area contributed by atoms with Gasteiger partial charge in [-0.2, -0.15) is 10.5 Å². The molecule has 0 N–H and O–H groups in total. The average molecular weight is 239 g/mol. The van der Waals surface area contributed by atoms with E-state index in [0.717, 1.165) is 12.8 Å². The van der Waals surface area contributed by atoms with Gasteiger partial charge in [-0.05, 0) is 37.1 Å². The number of carbonyl (C=O) groups is 1. The van der Waals surface area contributed by atoms with Crippen LogP contribution in [-0.4, -0.2) is 23.9 Å². The van der Waals surface area contributed by atoms with E-state index in [1.165, 1.54) is 0 Å². The molecule has 1 amide bonds. The summed E-state index contributed by atoms with van der Waals surface area (Å²) in [5.74, 6) is 0.0610. The smallest absolute Gasteiger partial charge is 0.253 e. The van der Waals surface area contributed by atoms with Crippen molar-refractivity contribution >= 4 is 5.91 Å². The molecule has 0 aliphatic carbocycles. The van der Waals surface area contributed by atoms with E-state index in [1.807, 2.05) is 6.07 Å². The number of hydrogen-bond donors (Lipinski definition) is 0. The lowest BCUT2D eigenvalue weighted by Crippen LogP contribution is -2.38. The zero-order valence-electron chi connectivity index (χ0n) is 9.97. The average Bonchev–Trinajstić information content (AvgIpc) is 2.47. The second-order valence-electron chi connectivity index (χ2n) is 4.38. The van der Waals surface area contributed by atoms with Crippen LogP contribution in [0.5, 0.6) is 0 Å². The molecule has 0 unspecified atom stereocenters. The van der Waals surface area contributed by atoms with E-state index in [9.17, 15) is 4.79 Å². The molecule has 1 heterocycles. The van der Waals surface area contributed by atoms with Crippen LogP contribution in [0.25, 0.3) is 0 Å². The fraction of sp³-hybridized carbons (Fsp3) is 0.357. The third-order valence-corrected chi connectivity index (χ3v) is 3.23. The van der Waals surface area contributed by atoms with Crippen LogP contribution < -0.4 is 0 Å². The van der Waals surface area contributed by atoms with Crippen LogP contribution in [0.15, 0.2) is 24.3 Å². The van der Waals surface area contributed by atoms with Crippen molar-refractivity contribution in [2.45, 2.75) is 12.8 Å². The number of amides is 1. The topological polar surface area (TPSA) is 67.9 Å². The lowest BCUT2D eigenvalue weighted by atomic mass is 9.98. The van der Waals surface area contributed by atoms with E-state index in [4.69, 9.17) is 10.5 Å². The Bertz CT molecular complexity index is 513. The molecule has 0 saturated carbocycles. The quantitative estimate of drug-likeness (QED) is 0.752. The van der Waals surface area contributed by atoms with Crippen molar-refractivity contribution in [2.24, 2.45) is 5.92 Å². The Hall–Kier alpha value is -2.33. The molecule has 0 aromatic heterocycles. The summed E-state index contributed by atoms with van der Waals surface area (Å²) in [6, 6.07) is 10.9. The Morgan fingerprint density at radius 2 is 1.78 bits per heavy atom. The number of hydrogen-bond acceptors (Lipinski definition) is 3. The molecule has 4 heteroatoms. The van der Waals surface area contributed by atoms with E-state index in [0.29, 0.717) is 24.2 Å². The SMILES string of the molecule is N#Cc1ccc(C(=O)N2CCC(C#N)CC2)cc1. The molecule has 1 aliphatic rings. The Labute approximate surface area is 106 Å². The van der Waals surface area contributed by atoms with Crippen molar-refractivity contribution in [3.8, 4) is 12.1 Å². The van der Waals surface area contributed by atoms with Gasteiger partial charge >= 0.3 is 0 Å². The van der Waals surface area contributed by atoms with Crippen LogP contribution in [0.3, 0.4) is 0 Å². The van der Waals surface area contributed by atoms with E-state index in [2.05, 4.69) is 6.07 Å². The van der Waals surface area contributed by atoms with Crippen LogP contribution in [0.2, 0.25) is 0 Å². The van der Waals surface area contributed by atoms with E-state index >= 15 is 0 Å². The lowest BCUT2D eigenvalue weighted by Gasteiger charge is -2.29. The molecule has 1 fully saturated rings. The van der Waals surface area contributed by atoms with Crippen LogP contribution >= 0.6 is 0 Å². The summed E-state index contributed by atoms with van der Waals surface area (Å²) in [7, 11) is 0. The molecular weight excluding hydrogens is 226 g/mol. The number of rotatable bonds is 1. The van der Waals surface area contributed by atoms with Crippen LogP contribution in [0.4, 0.5) is 0 Å². The Morgan fingerprint density at radius 3 is 2.28 bits per heavy atom.